The number of alkyl halides is 3. The van der Waals surface area contributed by atoms with E-state index in [0.717, 1.165) is 13.8 Å². The number of aryl methyl sites for hydroxylation is 1. The molecule has 16 nitrogen and oxygen atoms in total. The second-order valence-electron chi connectivity index (χ2n) is 14.4. The monoisotopic (exact) mass is 1010 g/mol. The molecule has 0 aliphatic rings. The molecule has 0 heterocycles. The fourth-order valence-electron chi connectivity index (χ4n) is 6.25. The number of benzene rings is 5. The number of nitrogens with one attached hydrogen (secondary N) is 4. The van der Waals surface area contributed by atoms with Crippen LogP contribution in [0.2, 0.25) is 10.0 Å². The molecule has 348 valence electrons. The SMILES string of the molecule is COc1ccc(NC(=O)c2cc(Cl)cc(N=NC(C(C)=O)C(=O)Nc3ccc(NC(=O)C(N=Nc4cc(Cl)cc(C(=O)Nc5ccc(OC)c(CCl)c5)c4)C(C)=O)c(CCCl)c3)c2)cc1CCl. The predicted molar refractivity (Wildman–Crippen MR) is 260 cm³/mol. The molecule has 0 saturated carbocycles. The number of nitrogens with zero attached hydrogens (tertiary/aromatic N) is 4. The highest BCUT2D eigenvalue weighted by atomic mass is 35.5. The third-order valence-corrected chi connectivity index (χ3v) is 10.7. The molecule has 0 aliphatic heterocycles. The number of ether oxygens (including phenoxy) is 2. The van der Waals surface area contributed by atoms with Crippen LogP contribution < -0.4 is 30.7 Å². The molecule has 0 aromatic heterocycles. The largest absolute Gasteiger partial charge is 0.496 e. The Balaban J connectivity index is 1.27. The molecule has 0 fully saturated rings. The van der Waals surface area contributed by atoms with E-state index in [4.69, 9.17) is 67.5 Å². The van der Waals surface area contributed by atoms with Crippen LogP contribution in [0.15, 0.2) is 111 Å². The molecule has 0 spiro atoms. The summed E-state index contributed by atoms with van der Waals surface area (Å²) < 4.78 is 10.6. The van der Waals surface area contributed by atoms with Gasteiger partial charge in [-0.25, -0.2) is 0 Å². The van der Waals surface area contributed by atoms with E-state index >= 15 is 0 Å². The third kappa shape index (κ3) is 14.3. The summed E-state index contributed by atoms with van der Waals surface area (Å²) in [5, 5.41) is 27.2. The minimum Gasteiger partial charge on any atom is -0.496 e. The maximum absolute atomic E-state index is 13.5. The summed E-state index contributed by atoms with van der Waals surface area (Å²) in [6, 6.07) is 19.6. The van der Waals surface area contributed by atoms with Crippen molar-refractivity contribution < 1.29 is 38.2 Å². The number of carbonyl (C=O) groups excluding carboxylic acids is 6. The number of rotatable bonds is 20. The summed E-state index contributed by atoms with van der Waals surface area (Å²) >= 11 is 30.7. The summed E-state index contributed by atoms with van der Waals surface area (Å²) in [5.74, 6) is -2.48. The average Bonchev–Trinajstić information content (AvgIpc) is 3.29. The first kappa shape index (κ1) is 51.6. The van der Waals surface area contributed by atoms with Crippen LogP contribution in [-0.4, -0.2) is 67.4 Å². The van der Waals surface area contributed by atoms with Gasteiger partial charge in [-0.1, -0.05) is 23.2 Å². The van der Waals surface area contributed by atoms with Crippen LogP contribution >= 0.6 is 58.0 Å². The van der Waals surface area contributed by atoms with Crippen LogP contribution in [0.4, 0.5) is 34.1 Å². The van der Waals surface area contributed by atoms with Crippen molar-refractivity contribution in [3.05, 3.63) is 129 Å². The molecule has 67 heavy (non-hydrogen) atoms. The molecule has 0 saturated heterocycles. The van der Waals surface area contributed by atoms with Crippen LogP contribution in [0.3, 0.4) is 0 Å². The van der Waals surface area contributed by atoms with Gasteiger partial charge in [-0.15, -0.1) is 34.8 Å². The summed E-state index contributed by atoms with van der Waals surface area (Å²) in [7, 11) is 3.01. The van der Waals surface area contributed by atoms with Crippen LogP contribution in [0, 0.1) is 0 Å². The Morgan fingerprint density at radius 1 is 0.537 bits per heavy atom. The fourth-order valence-corrected chi connectivity index (χ4v) is 7.33. The predicted octanol–water partition coefficient (Wildman–Crippen LogP) is 11.1. The smallest absolute Gasteiger partial charge is 0.258 e. The summed E-state index contributed by atoms with van der Waals surface area (Å²) in [5.41, 5.74) is 3.58. The first-order valence-electron chi connectivity index (χ1n) is 19.9. The van der Waals surface area contributed by atoms with Crippen molar-refractivity contribution in [2.24, 2.45) is 20.5 Å². The van der Waals surface area contributed by atoms with Gasteiger partial charge in [0.25, 0.3) is 23.6 Å². The van der Waals surface area contributed by atoms with Crippen LogP contribution in [0.25, 0.3) is 0 Å². The second kappa shape index (κ2) is 24.4. The van der Waals surface area contributed by atoms with Gasteiger partial charge < -0.3 is 30.7 Å². The maximum atomic E-state index is 13.5. The second-order valence-corrected chi connectivity index (χ2v) is 16.2. The van der Waals surface area contributed by atoms with Gasteiger partial charge in [-0.2, -0.15) is 20.5 Å². The molecule has 5 aromatic rings. The van der Waals surface area contributed by atoms with Crippen molar-refractivity contribution in [2.45, 2.75) is 44.1 Å². The van der Waals surface area contributed by atoms with E-state index in [1.165, 1.54) is 68.8 Å². The van der Waals surface area contributed by atoms with Gasteiger partial charge in [-0.3, -0.25) is 28.8 Å². The van der Waals surface area contributed by atoms with Crippen molar-refractivity contribution in [2.75, 3.05) is 41.4 Å². The molecule has 2 unspecified atom stereocenters. The van der Waals surface area contributed by atoms with Gasteiger partial charge in [0, 0.05) is 60.9 Å². The van der Waals surface area contributed by atoms with E-state index in [0.29, 0.717) is 39.6 Å². The molecule has 0 aliphatic carbocycles. The van der Waals surface area contributed by atoms with E-state index < -0.39 is 47.3 Å². The Kier molecular flexibility index (Phi) is 18.8. The van der Waals surface area contributed by atoms with E-state index in [2.05, 4.69) is 41.7 Å². The molecule has 5 rings (SSSR count). The average molecular weight is 1010 g/mol. The summed E-state index contributed by atoms with van der Waals surface area (Å²) in [6.07, 6.45) is 0.205. The maximum Gasteiger partial charge on any atom is 0.258 e. The Hall–Kier alpha value is -6.43. The standard InChI is InChI=1S/C46H41Cl5N8O8/c1-24(60)41(58-56-36-16-27(13-31(50)20-36)43(62)52-34-6-9-39(66-3)29(18-34)22-48)45(64)54-33-5-8-38(26(15-33)11-12-47)55-46(65)42(25(2)61)59-57-37-17-28(14-32(51)21-37)44(63)53-35-7-10-40(67-4)30(19-35)23-49/h5-10,13-21,41-42H,11-12,22-23H2,1-4H3,(H,52,62)(H,53,63)(H,54,64)(H,55,65). The van der Waals surface area contributed by atoms with Gasteiger partial charge in [-0.05, 0) is 117 Å². The summed E-state index contributed by atoms with van der Waals surface area (Å²) in [6.45, 7) is 2.32. The minimum atomic E-state index is -1.61. The Morgan fingerprint density at radius 3 is 1.37 bits per heavy atom. The van der Waals surface area contributed by atoms with Gasteiger partial charge in [0.05, 0.1) is 37.4 Å². The van der Waals surface area contributed by atoms with Gasteiger partial charge in [0.2, 0.25) is 12.1 Å². The van der Waals surface area contributed by atoms with Crippen molar-refractivity contribution >= 4 is 127 Å². The van der Waals surface area contributed by atoms with E-state index in [-0.39, 0.29) is 68.0 Å². The van der Waals surface area contributed by atoms with Crippen LogP contribution in [-0.2, 0) is 37.4 Å². The van der Waals surface area contributed by atoms with Gasteiger partial charge in [0.1, 0.15) is 11.5 Å². The molecule has 4 N–H and O–H groups in total. The zero-order chi connectivity index (χ0) is 48.8. The quantitative estimate of drug-likeness (QED) is 0.0333. The Morgan fingerprint density at radius 2 is 0.955 bits per heavy atom. The first-order chi connectivity index (χ1) is 32.0. The lowest BCUT2D eigenvalue weighted by Gasteiger charge is -2.15. The number of amides is 4. The number of methoxy groups -OCH3 is 2. The third-order valence-electron chi connectivity index (χ3n) is 9.49. The number of hydrogen-bond acceptors (Lipinski definition) is 12. The lowest BCUT2D eigenvalue weighted by atomic mass is 10.1. The van der Waals surface area contributed by atoms with Crippen LogP contribution in [0.1, 0.15) is 51.3 Å². The fraction of sp³-hybridized carbons (Fsp3) is 0.217. The van der Waals surface area contributed by atoms with Crippen molar-refractivity contribution in [1.82, 2.24) is 0 Å². The topological polar surface area (TPSA) is 218 Å². The Bertz CT molecular complexity index is 2770. The molecule has 5 aromatic carbocycles. The first-order valence-corrected chi connectivity index (χ1v) is 22.2. The zero-order valence-electron chi connectivity index (χ0n) is 36.1. The van der Waals surface area contributed by atoms with Gasteiger partial charge in [0.15, 0.2) is 11.6 Å². The molecule has 4 amide bonds. The normalized spacial score (nSPS) is 12.0. The minimum absolute atomic E-state index is 0.0893. The number of Topliss-reactive ketones (excluding diaryl/α,β-unsaturated/α-hetero) is 2. The highest BCUT2D eigenvalue weighted by Crippen LogP contribution is 2.29. The zero-order valence-corrected chi connectivity index (χ0v) is 39.9. The highest BCUT2D eigenvalue weighted by Gasteiger charge is 2.26. The van der Waals surface area contributed by atoms with E-state index in [9.17, 15) is 28.8 Å². The van der Waals surface area contributed by atoms with Crippen molar-refractivity contribution in [1.29, 1.82) is 0 Å². The lowest BCUT2D eigenvalue weighted by Crippen LogP contribution is -2.32. The van der Waals surface area contributed by atoms with E-state index in [1.54, 1.807) is 36.4 Å². The highest BCUT2D eigenvalue weighted by molar-refractivity contribution is 6.32. The molecule has 21 heteroatoms. The molecule has 0 bridgehead atoms. The number of ketones is 2. The number of azo groups is 2. The summed E-state index contributed by atoms with van der Waals surface area (Å²) in [4.78, 5) is 78.6. The molecular weight excluding hydrogens is 970 g/mol. The Labute approximate surface area is 409 Å². The molecular formula is C46H41Cl5N8O8. The number of hydrogen-bond donors (Lipinski definition) is 4. The lowest BCUT2D eigenvalue weighted by molar-refractivity contribution is -0.127. The molecule has 2 atom stereocenters. The number of carbonyl (C=O) groups is 6. The number of halogens is 5. The number of anilines is 4. The van der Waals surface area contributed by atoms with Crippen molar-refractivity contribution in [3.63, 3.8) is 0 Å². The molecule has 0 radical (unpaired) electrons. The van der Waals surface area contributed by atoms with E-state index in [1.807, 2.05) is 0 Å². The van der Waals surface area contributed by atoms with Gasteiger partial charge >= 0.3 is 0 Å². The van der Waals surface area contributed by atoms with Crippen molar-refractivity contribution in [3.8, 4) is 11.5 Å². The van der Waals surface area contributed by atoms with Crippen LogP contribution in [0.5, 0.6) is 11.5 Å².